The van der Waals surface area contributed by atoms with Crippen molar-refractivity contribution in [3.63, 3.8) is 0 Å². The summed E-state index contributed by atoms with van der Waals surface area (Å²) in [5, 5.41) is 7.13. The second-order valence-electron chi connectivity index (χ2n) is 12.9. The molecule has 0 saturated heterocycles. The molecule has 4 atom stereocenters. The fourth-order valence-corrected chi connectivity index (χ4v) is 9.37. The summed E-state index contributed by atoms with van der Waals surface area (Å²) >= 11 is 0. The SMILES string of the molecule is COc1ccc(S(=O)(=O)NC(Cc2ccccc2)P(=O)(O)CC(=O)N[C@@H](Cc2cccc(OC)c2)C(=O)N[C@@H](Cc2ccc3ccccc3c2)C(N)=O)cc1. The van der Waals surface area contributed by atoms with Gasteiger partial charge in [-0.1, -0.05) is 84.9 Å². The molecule has 2 unspecified atom stereocenters. The van der Waals surface area contributed by atoms with Crippen LogP contribution in [0, 0.1) is 0 Å². The van der Waals surface area contributed by atoms with E-state index in [2.05, 4.69) is 15.4 Å². The molecule has 5 aromatic rings. The second-order valence-corrected chi connectivity index (χ2v) is 17.1. The number of fused-ring (bicyclic) bond motifs is 1. The van der Waals surface area contributed by atoms with Crippen LogP contribution in [0.4, 0.5) is 0 Å². The predicted octanol–water partition coefficient (Wildman–Crippen LogP) is 3.91. The second kappa shape index (κ2) is 18.2. The molecule has 13 nitrogen and oxygen atoms in total. The van der Waals surface area contributed by atoms with Gasteiger partial charge in [-0.05, 0) is 70.3 Å². The van der Waals surface area contributed by atoms with Crippen LogP contribution in [0.25, 0.3) is 10.8 Å². The normalized spacial score (nSPS) is 14.2. The maximum absolute atomic E-state index is 14.1. The lowest BCUT2D eigenvalue weighted by molar-refractivity contribution is -0.130. The van der Waals surface area contributed by atoms with Gasteiger partial charge in [0, 0.05) is 12.8 Å². The maximum atomic E-state index is 14.1. The monoisotopic (exact) mass is 786 g/mol. The molecule has 0 bridgehead atoms. The van der Waals surface area contributed by atoms with Gasteiger partial charge in [0.2, 0.25) is 35.1 Å². The number of carbonyl (C=O) groups excluding carboxylic acids is 3. The highest BCUT2D eigenvalue weighted by molar-refractivity contribution is 7.90. The predicted molar refractivity (Wildman–Crippen MR) is 209 cm³/mol. The van der Waals surface area contributed by atoms with Gasteiger partial charge in [-0.15, -0.1) is 0 Å². The van der Waals surface area contributed by atoms with Crippen LogP contribution in [-0.4, -0.2) is 69.3 Å². The minimum absolute atomic E-state index is 0.0626. The molecule has 0 radical (unpaired) electrons. The molecule has 0 aromatic heterocycles. The Hall–Kier alpha value is -5.53. The Labute approximate surface area is 319 Å². The Kier molecular flexibility index (Phi) is 13.5. The van der Waals surface area contributed by atoms with E-state index in [-0.39, 0.29) is 24.2 Å². The third-order valence-corrected chi connectivity index (χ3v) is 12.6. The Bertz CT molecular complexity index is 2290. The minimum atomic E-state index is -4.70. The van der Waals surface area contributed by atoms with Gasteiger partial charge >= 0.3 is 0 Å². The van der Waals surface area contributed by atoms with Crippen molar-refractivity contribution in [1.82, 2.24) is 15.4 Å². The quantitative estimate of drug-likeness (QED) is 0.0817. The molecule has 55 heavy (non-hydrogen) atoms. The molecule has 0 aliphatic rings. The van der Waals surface area contributed by atoms with Crippen molar-refractivity contribution < 1.29 is 41.7 Å². The van der Waals surface area contributed by atoms with Gasteiger partial charge in [0.05, 0.1) is 19.1 Å². The number of amides is 3. The van der Waals surface area contributed by atoms with Crippen molar-refractivity contribution in [3.8, 4) is 11.5 Å². The number of primary amides is 1. The molecule has 0 fully saturated rings. The van der Waals surface area contributed by atoms with E-state index in [1.165, 1.54) is 38.5 Å². The Morgan fingerprint density at radius 3 is 1.98 bits per heavy atom. The number of ether oxygens (including phenoxy) is 2. The van der Waals surface area contributed by atoms with E-state index in [4.69, 9.17) is 15.2 Å². The van der Waals surface area contributed by atoms with E-state index in [9.17, 15) is 32.3 Å². The number of rotatable bonds is 18. The van der Waals surface area contributed by atoms with Crippen molar-refractivity contribution in [1.29, 1.82) is 0 Å². The number of nitrogens with two attached hydrogens (primary N) is 1. The van der Waals surface area contributed by atoms with Crippen LogP contribution in [-0.2, 0) is 48.2 Å². The number of nitrogens with one attached hydrogen (secondary N) is 3. The van der Waals surface area contributed by atoms with Gasteiger partial charge in [0.15, 0.2) is 0 Å². The lowest BCUT2D eigenvalue weighted by Gasteiger charge is -2.26. The van der Waals surface area contributed by atoms with Crippen LogP contribution in [0.5, 0.6) is 11.5 Å². The molecule has 0 saturated carbocycles. The number of hydrogen-bond donors (Lipinski definition) is 5. The molecule has 288 valence electrons. The van der Waals surface area contributed by atoms with Crippen molar-refractivity contribution in [3.05, 3.63) is 138 Å². The Morgan fingerprint density at radius 2 is 1.31 bits per heavy atom. The standard InChI is InChI=1S/C40H43N4O9PS/c1-52-32-17-19-34(20-18-32)55(50,51)44-38(25-27-9-4-3-5-10-27)54(48,49)26-37(45)42-36(24-28-11-8-14-33(22-28)53-2)40(47)43-35(39(41)46)23-29-15-16-30-12-6-7-13-31(30)21-29/h3-22,35-36,38,44H,23-26H2,1-2H3,(H2,41,46)(H,42,45)(H,43,47)(H,48,49)/t35-,36-,38?/m0/s1. The van der Waals surface area contributed by atoms with Crippen LogP contribution >= 0.6 is 7.37 Å². The summed E-state index contributed by atoms with van der Waals surface area (Å²) in [6.45, 7) is 0. The summed E-state index contributed by atoms with van der Waals surface area (Å²) < 4.78 is 53.7. The zero-order valence-corrected chi connectivity index (χ0v) is 32.0. The third-order valence-electron chi connectivity index (χ3n) is 8.93. The number of carbonyl (C=O) groups is 3. The average Bonchev–Trinajstić information content (AvgIpc) is 3.17. The summed E-state index contributed by atoms with van der Waals surface area (Å²) in [5.41, 5.74) is 7.59. The van der Waals surface area contributed by atoms with Gasteiger partial charge in [-0.3, -0.25) is 18.9 Å². The molecule has 3 amide bonds. The Balaban J connectivity index is 1.38. The summed E-state index contributed by atoms with van der Waals surface area (Å²) in [7, 11) is -6.15. The van der Waals surface area contributed by atoms with Gasteiger partial charge in [0.1, 0.15) is 35.5 Å². The summed E-state index contributed by atoms with van der Waals surface area (Å²) in [4.78, 5) is 51.4. The lowest BCUT2D eigenvalue weighted by Crippen LogP contribution is -2.54. The van der Waals surface area contributed by atoms with Gasteiger partial charge in [-0.2, -0.15) is 4.72 Å². The van der Waals surface area contributed by atoms with Gasteiger partial charge < -0.3 is 30.7 Å². The van der Waals surface area contributed by atoms with Crippen molar-refractivity contribution in [2.45, 2.75) is 42.0 Å². The molecule has 6 N–H and O–H groups in total. The molecule has 0 spiro atoms. The van der Waals surface area contributed by atoms with Crippen LogP contribution in [0.2, 0.25) is 0 Å². The van der Waals surface area contributed by atoms with Gasteiger partial charge in [0.25, 0.3) is 0 Å². The molecular formula is C40H43N4O9PS. The van der Waals surface area contributed by atoms with Crippen LogP contribution < -0.4 is 30.6 Å². The molecule has 0 aliphatic heterocycles. The van der Waals surface area contributed by atoms with E-state index < -0.39 is 59.1 Å². The molecule has 15 heteroatoms. The molecule has 5 aromatic carbocycles. The van der Waals surface area contributed by atoms with E-state index in [1.807, 2.05) is 42.5 Å². The summed E-state index contributed by atoms with van der Waals surface area (Å²) in [6, 6.07) is 31.4. The first-order valence-corrected chi connectivity index (χ1v) is 20.7. The third kappa shape index (κ3) is 11.2. The number of hydrogen-bond acceptors (Lipinski definition) is 8. The number of methoxy groups -OCH3 is 2. The van der Waals surface area contributed by atoms with Crippen LogP contribution in [0.3, 0.4) is 0 Å². The minimum Gasteiger partial charge on any atom is -0.497 e. The molecule has 5 rings (SSSR count). The zero-order chi connectivity index (χ0) is 39.6. The van der Waals surface area contributed by atoms with E-state index in [1.54, 1.807) is 54.6 Å². The molecular weight excluding hydrogens is 743 g/mol. The van der Waals surface area contributed by atoms with Gasteiger partial charge in [-0.25, -0.2) is 8.42 Å². The molecule has 0 aliphatic carbocycles. The lowest BCUT2D eigenvalue weighted by atomic mass is 10.00. The van der Waals surface area contributed by atoms with Crippen LogP contribution in [0.15, 0.2) is 126 Å². The number of sulfonamides is 1. The Morgan fingerprint density at radius 1 is 0.691 bits per heavy atom. The van der Waals surface area contributed by atoms with Crippen molar-refractivity contribution >= 4 is 45.9 Å². The average molecular weight is 787 g/mol. The highest BCUT2D eigenvalue weighted by Gasteiger charge is 2.38. The largest absolute Gasteiger partial charge is 0.497 e. The van der Waals surface area contributed by atoms with Crippen molar-refractivity contribution in [2.75, 3.05) is 20.4 Å². The zero-order valence-electron chi connectivity index (χ0n) is 30.3. The van der Waals surface area contributed by atoms with E-state index in [0.717, 1.165) is 16.3 Å². The first-order valence-electron chi connectivity index (χ1n) is 17.3. The summed E-state index contributed by atoms with van der Waals surface area (Å²) in [5.74, 6) is -3.30. The fourth-order valence-electron chi connectivity index (χ4n) is 6.00. The first-order chi connectivity index (χ1) is 26.3. The molecule has 0 heterocycles. The topological polar surface area (TPSA) is 203 Å². The first kappa shape index (κ1) is 40.7. The highest BCUT2D eigenvalue weighted by atomic mass is 32.2. The summed E-state index contributed by atoms with van der Waals surface area (Å²) in [6.07, 6.45) is -1.29. The number of benzene rings is 5. The maximum Gasteiger partial charge on any atom is 0.243 e. The van der Waals surface area contributed by atoms with E-state index >= 15 is 0 Å². The highest BCUT2D eigenvalue weighted by Crippen LogP contribution is 2.46. The smallest absolute Gasteiger partial charge is 0.243 e. The van der Waals surface area contributed by atoms with Crippen molar-refractivity contribution in [2.24, 2.45) is 5.73 Å². The van der Waals surface area contributed by atoms with E-state index in [0.29, 0.717) is 22.6 Å². The fraction of sp³-hybridized carbons (Fsp3) is 0.225. The van der Waals surface area contributed by atoms with Crippen LogP contribution in [0.1, 0.15) is 16.7 Å².